The lowest BCUT2D eigenvalue weighted by Gasteiger charge is -2.12. The van der Waals surface area contributed by atoms with Crippen LogP contribution in [0.4, 0.5) is 17.6 Å². The molecule has 0 aromatic rings. The lowest BCUT2D eigenvalue weighted by molar-refractivity contribution is -0.305. The monoisotopic (exact) mass is 143 g/mol. The Bertz CT molecular complexity index is 154. The molecule has 0 atom stereocenters. The minimum atomic E-state index is -4.47. The second-order valence-corrected chi connectivity index (χ2v) is 1.47. The minimum Gasteiger partial charge on any atom is -0.317 e. The lowest BCUT2D eigenvalue weighted by atomic mass is 10.4. The van der Waals surface area contributed by atoms with Gasteiger partial charge < -0.3 is 4.84 Å². The highest BCUT2D eigenvalue weighted by Gasteiger charge is 2.62. The van der Waals surface area contributed by atoms with E-state index in [1.807, 2.05) is 0 Å². The zero-order valence-corrected chi connectivity index (χ0v) is 3.94. The molecule has 1 rings (SSSR count). The first-order valence-electron chi connectivity index (χ1n) is 1.94. The number of hydrogen-bond donors (Lipinski definition) is 0. The van der Waals surface area contributed by atoms with Crippen molar-refractivity contribution in [2.75, 3.05) is 0 Å². The first-order chi connectivity index (χ1) is 3.96. The van der Waals surface area contributed by atoms with E-state index in [-0.39, 0.29) is 6.21 Å². The smallest absolute Gasteiger partial charge is 0.317 e. The van der Waals surface area contributed by atoms with Crippen LogP contribution in [0.5, 0.6) is 0 Å². The summed E-state index contributed by atoms with van der Waals surface area (Å²) < 4.78 is 46.6. The van der Waals surface area contributed by atoms with Gasteiger partial charge >= 0.3 is 12.0 Å². The van der Waals surface area contributed by atoms with E-state index >= 15 is 0 Å². The maximum Gasteiger partial charge on any atom is 0.489 e. The quantitative estimate of drug-likeness (QED) is 0.467. The van der Waals surface area contributed by atoms with E-state index in [0.717, 1.165) is 0 Å². The van der Waals surface area contributed by atoms with Crippen LogP contribution in [0.1, 0.15) is 0 Å². The van der Waals surface area contributed by atoms with Gasteiger partial charge in [0.1, 0.15) is 6.21 Å². The van der Waals surface area contributed by atoms with E-state index in [9.17, 15) is 17.6 Å². The average molecular weight is 143 g/mol. The van der Waals surface area contributed by atoms with Crippen LogP contribution in [-0.2, 0) is 4.84 Å². The molecule has 0 spiro atoms. The van der Waals surface area contributed by atoms with Crippen LogP contribution in [0.3, 0.4) is 0 Å². The molecule has 6 heteroatoms. The Morgan fingerprint density at radius 3 is 1.89 bits per heavy atom. The van der Waals surface area contributed by atoms with E-state index in [1.165, 1.54) is 0 Å². The van der Waals surface area contributed by atoms with Crippen molar-refractivity contribution in [3.05, 3.63) is 0 Å². The Kier molecular flexibility index (Phi) is 0.960. The molecule has 1 heterocycles. The van der Waals surface area contributed by atoms with Crippen LogP contribution in [0.2, 0.25) is 0 Å². The lowest BCUT2D eigenvalue weighted by Crippen LogP contribution is -2.38. The second-order valence-electron chi connectivity index (χ2n) is 1.47. The summed E-state index contributed by atoms with van der Waals surface area (Å²) in [7, 11) is 0. The van der Waals surface area contributed by atoms with Crippen molar-refractivity contribution >= 4 is 6.21 Å². The fraction of sp³-hybridized carbons (Fsp3) is 0.667. The third-order valence-corrected chi connectivity index (χ3v) is 0.770. The summed E-state index contributed by atoms with van der Waals surface area (Å²) in [5, 5.41) is 2.26. The highest BCUT2D eigenvalue weighted by atomic mass is 19.3. The molecule has 0 unspecified atom stereocenters. The van der Waals surface area contributed by atoms with E-state index in [0.29, 0.717) is 0 Å². The number of hydrogen-bond acceptors (Lipinski definition) is 2. The molecule has 1 aliphatic rings. The standard InChI is InChI=1S/C3HF4NO/c4-2(5)1-8-9-3(2,6)7/h1H. The van der Waals surface area contributed by atoms with Crippen LogP contribution in [-0.4, -0.2) is 18.2 Å². The number of nitrogens with zero attached hydrogens (tertiary/aromatic N) is 1. The summed E-state index contributed by atoms with van der Waals surface area (Å²) in [6.07, 6.45) is -4.69. The minimum absolute atomic E-state index is 0.229. The van der Waals surface area contributed by atoms with Gasteiger partial charge in [-0.25, -0.2) is 0 Å². The third-order valence-electron chi connectivity index (χ3n) is 0.770. The summed E-state index contributed by atoms with van der Waals surface area (Å²) in [6, 6.07) is 0. The molecule has 9 heavy (non-hydrogen) atoms. The van der Waals surface area contributed by atoms with Crippen molar-refractivity contribution in [3.63, 3.8) is 0 Å². The van der Waals surface area contributed by atoms with Gasteiger partial charge in [0.25, 0.3) is 0 Å². The highest BCUT2D eigenvalue weighted by molar-refractivity contribution is 5.68. The fourth-order valence-electron chi connectivity index (χ4n) is 0.295. The molecule has 0 saturated heterocycles. The van der Waals surface area contributed by atoms with Crippen molar-refractivity contribution < 1.29 is 22.4 Å². The zero-order chi connectivity index (χ0) is 7.12. The Morgan fingerprint density at radius 2 is 1.78 bits per heavy atom. The number of halogens is 4. The summed E-state index contributed by atoms with van der Waals surface area (Å²) in [5.74, 6) is -4.26. The largest absolute Gasteiger partial charge is 0.489 e. The van der Waals surface area contributed by atoms with Crippen LogP contribution in [0.25, 0.3) is 0 Å². The molecule has 0 radical (unpaired) electrons. The molecule has 0 bridgehead atoms. The second kappa shape index (κ2) is 1.37. The predicted octanol–water partition coefficient (Wildman–Crippen LogP) is 1.23. The van der Waals surface area contributed by atoms with E-state index in [4.69, 9.17) is 0 Å². The van der Waals surface area contributed by atoms with Gasteiger partial charge in [-0.1, -0.05) is 5.16 Å². The maximum atomic E-state index is 11.7. The van der Waals surface area contributed by atoms with Crippen molar-refractivity contribution in [2.45, 2.75) is 12.0 Å². The predicted molar refractivity (Wildman–Crippen MR) is 19.5 cm³/mol. The van der Waals surface area contributed by atoms with Crippen molar-refractivity contribution in [1.29, 1.82) is 0 Å². The molecule has 1 aliphatic heterocycles. The summed E-state index contributed by atoms with van der Waals surface area (Å²) >= 11 is 0. The third kappa shape index (κ3) is 0.739. The van der Waals surface area contributed by atoms with Crippen LogP contribution in [0.15, 0.2) is 5.16 Å². The van der Waals surface area contributed by atoms with Gasteiger partial charge in [0, 0.05) is 0 Å². The Hall–Kier alpha value is -0.810. The van der Waals surface area contributed by atoms with Crippen molar-refractivity contribution in [1.82, 2.24) is 0 Å². The van der Waals surface area contributed by atoms with Crippen LogP contribution < -0.4 is 0 Å². The SMILES string of the molecule is FC1(F)C=NOC1(F)F. The van der Waals surface area contributed by atoms with Gasteiger partial charge in [0.2, 0.25) is 0 Å². The Morgan fingerprint density at radius 1 is 1.22 bits per heavy atom. The Labute approximate surface area is 47.1 Å². The summed E-state index contributed by atoms with van der Waals surface area (Å²) in [5.41, 5.74) is 0. The van der Waals surface area contributed by atoms with E-state index in [2.05, 4.69) is 9.99 Å². The van der Waals surface area contributed by atoms with Gasteiger partial charge in [-0.3, -0.25) is 0 Å². The highest BCUT2D eigenvalue weighted by Crippen LogP contribution is 2.37. The van der Waals surface area contributed by atoms with Crippen LogP contribution >= 0.6 is 0 Å². The number of rotatable bonds is 0. The molecule has 0 aromatic carbocycles. The molecule has 0 amide bonds. The maximum absolute atomic E-state index is 11.7. The zero-order valence-electron chi connectivity index (χ0n) is 3.94. The molecule has 0 N–H and O–H groups in total. The number of alkyl halides is 4. The Balaban J connectivity index is 2.84. The molecule has 0 aromatic heterocycles. The molecular weight excluding hydrogens is 142 g/mol. The average Bonchev–Trinajstić information content (AvgIpc) is 1.81. The molecule has 0 saturated carbocycles. The summed E-state index contributed by atoms with van der Waals surface area (Å²) in [6.45, 7) is 0. The number of oxime groups is 1. The van der Waals surface area contributed by atoms with E-state index < -0.39 is 12.0 Å². The normalized spacial score (nSPS) is 28.0. The molecule has 2 nitrogen and oxygen atoms in total. The molecule has 0 aliphatic carbocycles. The van der Waals surface area contributed by atoms with Crippen molar-refractivity contribution in [2.24, 2.45) is 5.16 Å². The molecule has 52 valence electrons. The van der Waals surface area contributed by atoms with Gasteiger partial charge in [0.15, 0.2) is 0 Å². The molecular formula is C3HF4NO. The fourth-order valence-corrected chi connectivity index (χ4v) is 0.295. The first-order valence-corrected chi connectivity index (χ1v) is 1.94. The van der Waals surface area contributed by atoms with Gasteiger partial charge in [-0.2, -0.15) is 17.6 Å². The van der Waals surface area contributed by atoms with Crippen molar-refractivity contribution in [3.8, 4) is 0 Å². The first kappa shape index (κ1) is 6.31. The van der Waals surface area contributed by atoms with E-state index in [1.54, 1.807) is 0 Å². The van der Waals surface area contributed by atoms with Gasteiger partial charge in [-0.15, -0.1) is 0 Å². The summed E-state index contributed by atoms with van der Waals surface area (Å²) in [4.78, 5) is 3.04. The van der Waals surface area contributed by atoms with Crippen LogP contribution in [0, 0.1) is 0 Å². The molecule has 0 fully saturated rings. The van der Waals surface area contributed by atoms with Gasteiger partial charge in [-0.05, 0) is 0 Å². The van der Waals surface area contributed by atoms with Gasteiger partial charge in [0.05, 0.1) is 0 Å². The topological polar surface area (TPSA) is 21.6 Å².